The molecular weight excluding hydrogens is 226 g/mol. The Balaban J connectivity index is 4.31. The fraction of sp³-hybridized carbons (Fsp3) is 0.545. The molecular formula is C11H17NO5. The molecule has 0 rings (SSSR count). The summed E-state index contributed by atoms with van der Waals surface area (Å²) in [6.07, 6.45) is 2.00. The van der Waals surface area contributed by atoms with Gasteiger partial charge in [-0.05, 0) is 13.3 Å². The number of carbonyl (C=O) groups excluding carboxylic acids is 3. The fourth-order valence-corrected chi connectivity index (χ4v) is 1.03. The molecule has 1 N–H and O–H groups in total. The predicted molar refractivity (Wildman–Crippen MR) is 60.0 cm³/mol. The predicted octanol–water partition coefficient (Wildman–Crippen LogP) is 0.175. The molecule has 0 aliphatic rings. The van der Waals surface area contributed by atoms with E-state index in [0.717, 1.165) is 6.08 Å². The van der Waals surface area contributed by atoms with Crippen molar-refractivity contribution < 1.29 is 23.9 Å². The zero-order valence-corrected chi connectivity index (χ0v) is 10.2. The van der Waals surface area contributed by atoms with Crippen LogP contribution < -0.4 is 5.32 Å². The zero-order chi connectivity index (χ0) is 13.3. The number of esters is 2. The highest BCUT2D eigenvalue weighted by atomic mass is 16.5. The molecule has 0 radical (unpaired) electrons. The molecule has 6 nitrogen and oxygen atoms in total. The van der Waals surface area contributed by atoms with Gasteiger partial charge in [0.25, 0.3) is 0 Å². The maximum absolute atomic E-state index is 11.3. The Morgan fingerprint density at radius 2 is 1.82 bits per heavy atom. The molecule has 0 aromatic carbocycles. The second-order valence-electron chi connectivity index (χ2n) is 3.31. The molecule has 0 spiro atoms. The van der Waals surface area contributed by atoms with E-state index >= 15 is 0 Å². The minimum Gasteiger partial charge on any atom is -0.466 e. The van der Waals surface area contributed by atoms with Gasteiger partial charge in [0.05, 0.1) is 20.3 Å². The summed E-state index contributed by atoms with van der Waals surface area (Å²) in [6, 6.07) is 0. The molecule has 0 saturated heterocycles. The molecule has 0 heterocycles. The summed E-state index contributed by atoms with van der Waals surface area (Å²) >= 11 is 0. The van der Waals surface area contributed by atoms with E-state index in [2.05, 4.69) is 14.8 Å². The zero-order valence-electron chi connectivity index (χ0n) is 10.2. The van der Waals surface area contributed by atoms with E-state index in [0.29, 0.717) is 19.4 Å². The number of ketones is 1. The summed E-state index contributed by atoms with van der Waals surface area (Å²) in [6.45, 7) is 1.89. The molecule has 96 valence electrons. The van der Waals surface area contributed by atoms with Gasteiger partial charge in [0.15, 0.2) is 0 Å². The first-order chi connectivity index (χ1) is 8.01. The average molecular weight is 243 g/mol. The van der Waals surface area contributed by atoms with Crippen molar-refractivity contribution in [2.75, 3.05) is 20.8 Å². The van der Waals surface area contributed by atoms with Crippen molar-refractivity contribution >= 4 is 17.7 Å². The van der Waals surface area contributed by atoms with Crippen LogP contribution in [0, 0.1) is 0 Å². The number of nitrogens with one attached hydrogen (secondary N) is 1. The Morgan fingerprint density at radius 3 is 2.29 bits per heavy atom. The monoisotopic (exact) mass is 243 g/mol. The Kier molecular flexibility index (Phi) is 7.41. The number of hydrogen-bond donors (Lipinski definition) is 1. The van der Waals surface area contributed by atoms with E-state index in [-0.39, 0.29) is 11.5 Å². The van der Waals surface area contributed by atoms with Crippen molar-refractivity contribution in [1.29, 1.82) is 0 Å². The summed E-state index contributed by atoms with van der Waals surface area (Å²) in [7, 11) is 2.42. The van der Waals surface area contributed by atoms with Crippen LogP contribution in [0.4, 0.5) is 0 Å². The highest BCUT2D eigenvalue weighted by Crippen LogP contribution is 1.96. The van der Waals surface area contributed by atoms with Crippen LogP contribution in [0.2, 0.25) is 0 Å². The number of Topliss-reactive ketones (excluding diaryl/α,β-unsaturated/α-hetero) is 1. The van der Waals surface area contributed by atoms with Crippen molar-refractivity contribution in [1.82, 2.24) is 5.32 Å². The third kappa shape index (κ3) is 7.10. The van der Waals surface area contributed by atoms with Crippen LogP contribution in [0.25, 0.3) is 0 Å². The molecule has 0 aliphatic heterocycles. The SMILES string of the molecule is COC(=O)/C=C(\NCCCC(C)=O)C(=O)OC. The van der Waals surface area contributed by atoms with E-state index in [1.54, 1.807) is 0 Å². The third-order valence-electron chi connectivity index (χ3n) is 1.89. The van der Waals surface area contributed by atoms with Gasteiger partial charge in [0, 0.05) is 13.0 Å². The number of ether oxygens (including phenoxy) is 2. The lowest BCUT2D eigenvalue weighted by molar-refractivity contribution is -0.138. The van der Waals surface area contributed by atoms with Crippen LogP contribution in [-0.4, -0.2) is 38.5 Å². The Morgan fingerprint density at radius 1 is 1.18 bits per heavy atom. The van der Waals surface area contributed by atoms with Gasteiger partial charge in [-0.2, -0.15) is 0 Å². The molecule has 0 saturated carbocycles. The molecule has 0 aromatic rings. The summed E-state index contributed by atoms with van der Waals surface area (Å²) in [5.74, 6) is -1.23. The van der Waals surface area contributed by atoms with Gasteiger partial charge in [-0.15, -0.1) is 0 Å². The van der Waals surface area contributed by atoms with Gasteiger partial charge in [-0.1, -0.05) is 0 Å². The number of rotatable bonds is 7. The van der Waals surface area contributed by atoms with E-state index in [1.807, 2.05) is 0 Å². The van der Waals surface area contributed by atoms with E-state index in [9.17, 15) is 14.4 Å². The molecule has 0 aromatic heterocycles. The van der Waals surface area contributed by atoms with Crippen molar-refractivity contribution in [3.63, 3.8) is 0 Å². The van der Waals surface area contributed by atoms with E-state index in [4.69, 9.17) is 0 Å². The van der Waals surface area contributed by atoms with Crippen molar-refractivity contribution in [2.45, 2.75) is 19.8 Å². The lowest BCUT2D eigenvalue weighted by Crippen LogP contribution is -2.24. The Bertz CT molecular complexity index is 322. The third-order valence-corrected chi connectivity index (χ3v) is 1.89. The minimum atomic E-state index is -0.654. The second-order valence-corrected chi connectivity index (χ2v) is 3.31. The minimum absolute atomic E-state index is 0.0166. The topological polar surface area (TPSA) is 81.7 Å². The second kappa shape index (κ2) is 8.32. The maximum Gasteiger partial charge on any atom is 0.354 e. The van der Waals surface area contributed by atoms with E-state index in [1.165, 1.54) is 21.1 Å². The molecule has 0 bridgehead atoms. The molecule has 0 aliphatic carbocycles. The van der Waals surface area contributed by atoms with Crippen molar-refractivity contribution in [2.24, 2.45) is 0 Å². The highest BCUT2D eigenvalue weighted by Gasteiger charge is 2.11. The van der Waals surface area contributed by atoms with Crippen LogP contribution in [0.3, 0.4) is 0 Å². The van der Waals surface area contributed by atoms with Gasteiger partial charge in [-0.25, -0.2) is 9.59 Å². The van der Waals surface area contributed by atoms with Gasteiger partial charge >= 0.3 is 11.9 Å². The van der Waals surface area contributed by atoms with Crippen molar-refractivity contribution in [3.05, 3.63) is 11.8 Å². The van der Waals surface area contributed by atoms with Gasteiger partial charge in [0.1, 0.15) is 11.5 Å². The normalized spacial score (nSPS) is 10.6. The molecule has 0 amide bonds. The lowest BCUT2D eigenvalue weighted by Gasteiger charge is -2.08. The molecule has 6 heteroatoms. The van der Waals surface area contributed by atoms with Gasteiger partial charge in [-0.3, -0.25) is 0 Å². The number of methoxy groups -OCH3 is 2. The van der Waals surface area contributed by atoms with Crippen LogP contribution in [0.5, 0.6) is 0 Å². The first kappa shape index (κ1) is 15.2. The van der Waals surface area contributed by atoms with Crippen LogP contribution in [-0.2, 0) is 23.9 Å². The standard InChI is InChI=1S/C11H17NO5/c1-8(13)5-4-6-12-9(11(15)17-3)7-10(14)16-2/h7,12H,4-6H2,1-3H3/b9-7-. The molecule has 0 fully saturated rings. The summed E-state index contributed by atoms with van der Waals surface area (Å²) in [5, 5.41) is 2.72. The first-order valence-electron chi connectivity index (χ1n) is 5.12. The van der Waals surface area contributed by atoms with Crippen LogP contribution in [0.15, 0.2) is 11.8 Å². The van der Waals surface area contributed by atoms with Gasteiger partial charge in [0.2, 0.25) is 0 Å². The largest absolute Gasteiger partial charge is 0.466 e. The summed E-state index contributed by atoms with van der Waals surface area (Å²) < 4.78 is 8.89. The molecule has 17 heavy (non-hydrogen) atoms. The average Bonchev–Trinajstić information content (AvgIpc) is 2.31. The number of carbonyl (C=O) groups is 3. The maximum atomic E-state index is 11.3. The lowest BCUT2D eigenvalue weighted by atomic mass is 10.2. The van der Waals surface area contributed by atoms with E-state index < -0.39 is 11.9 Å². The van der Waals surface area contributed by atoms with Crippen molar-refractivity contribution in [3.8, 4) is 0 Å². The quantitative estimate of drug-likeness (QED) is 0.390. The van der Waals surface area contributed by atoms with Crippen LogP contribution >= 0.6 is 0 Å². The molecule has 0 unspecified atom stereocenters. The summed E-state index contributed by atoms with van der Waals surface area (Å²) in [4.78, 5) is 32.9. The fourth-order valence-electron chi connectivity index (χ4n) is 1.03. The highest BCUT2D eigenvalue weighted by molar-refractivity contribution is 5.95. The first-order valence-corrected chi connectivity index (χ1v) is 5.12. The number of hydrogen-bond acceptors (Lipinski definition) is 6. The smallest absolute Gasteiger partial charge is 0.354 e. The van der Waals surface area contributed by atoms with Crippen LogP contribution in [0.1, 0.15) is 19.8 Å². The molecule has 0 atom stereocenters. The Labute approximate surface area is 100.0 Å². The Hall–Kier alpha value is -1.85. The summed E-state index contributed by atoms with van der Waals surface area (Å²) in [5.41, 5.74) is 0.0166. The van der Waals surface area contributed by atoms with Gasteiger partial charge < -0.3 is 19.6 Å².